The van der Waals surface area contributed by atoms with Crippen molar-refractivity contribution in [3.8, 4) is 0 Å². The van der Waals surface area contributed by atoms with Gasteiger partial charge in [0.05, 0.1) is 15.5 Å². The summed E-state index contributed by atoms with van der Waals surface area (Å²) >= 11 is 5.98. The summed E-state index contributed by atoms with van der Waals surface area (Å²) in [6.07, 6.45) is 0. The number of fused-ring (bicyclic) bond motifs is 1. The highest BCUT2D eigenvalue weighted by Gasteiger charge is 2.17. The minimum absolute atomic E-state index is 0.0378. The number of esters is 1. The molecular weight excluding hydrogens is 362 g/mol. The minimum atomic E-state index is -3.94. The van der Waals surface area contributed by atoms with Crippen LogP contribution >= 0.6 is 11.6 Å². The first kappa shape index (κ1) is 17.4. The van der Waals surface area contributed by atoms with Crippen LogP contribution in [0.15, 0.2) is 65.6 Å². The van der Waals surface area contributed by atoms with Gasteiger partial charge in [-0.3, -0.25) is 0 Å². The van der Waals surface area contributed by atoms with Crippen LogP contribution < -0.4 is 5.14 Å². The molecule has 0 aliphatic rings. The predicted octanol–water partition coefficient (Wildman–Crippen LogP) is 3.50. The molecule has 0 unspecified atom stereocenters. The zero-order valence-electron chi connectivity index (χ0n) is 13.0. The van der Waals surface area contributed by atoms with Crippen molar-refractivity contribution in [2.24, 2.45) is 5.14 Å². The molecule has 0 heterocycles. The van der Waals surface area contributed by atoms with Gasteiger partial charge in [0, 0.05) is 0 Å². The maximum absolute atomic E-state index is 12.3. The maximum Gasteiger partial charge on any atom is 0.340 e. The fraction of sp³-hybridized carbons (Fsp3) is 0.0556. The number of primary sulfonamides is 1. The van der Waals surface area contributed by atoms with E-state index in [4.69, 9.17) is 21.5 Å². The topological polar surface area (TPSA) is 86.5 Å². The quantitative estimate of drug-likeness (QED) is 0.707. The molecule has 3 aromatic carbocycles. The van der Waals surface area contributed by atoms with Gasteiger partial charge >= 0.3 is 5.97 Å². The Morgan fingerprint density at radius 1 is 1.04 bits per heavy atom. The molecule has 0 fully saturated rings. The first-order valence-electron chi connectivity index (χ1n) is 7.32. The molecule has 0 aliphatic carbocycles. The number of halogens is 1. The van der Waals surface area contributed by atoms with Gasteiger partial charge in [-0.2, -0.15) is 0 Å². The molecule has 0 aromatic heterocycles. The van der Waals surface area contributed by atoms with Crippen LogP contribution in [-0.4, -0.2) is 14.4 Å². The van der Waals surface area contributed by atoms with Crippen LogP contribution in [0.25, 0.3) is 10.8 Å². The van der Waals surface area contributed by atoms with Crippen LogP contribution in [0, 0.1) is 0 Å². The third kappa shape index (κ3) is 3.82. The summed E-state index contributed by atoms with van der Waals surface area (Å²) in [6, 6.07) is 17.1. The van der Waals surface area contributed by atoms with E-state index in [1.807, 2.05) is 42.5 Å². The molecular formula is C18H14ClNO4S. The van der Waals surface area contributed by atoms with Crippen molar-refractivity contribution in [1.82, 2.24) is 0 Å². The Bertz CT molecular complexity index is 1060. The summed E-state index contributed by atoms with van der Waals surface area (Å²) in [5.74, 6) is -0.719. The Labute approximate surface area is 150 Å². The van der Waals surface area contributed by atoms with Gasteiger partial charge in [0.15, 0.2) is 0 Å². The normalized spacial score (nSPS) is 11.4. The Morgan fingerprint density at radius 3 is 2.52 bits per heavy atom. The summed E-state index contributed by atoms with van der Waals surface area (Å²) in [6.45, 7) is 0.0378. The number of hydrogen-bond acceptors (Lipinski definition) is 4. The number of carbonyl (C=O) groups is 1. The summed E-state index contributed by atoms with van der Waals surface area (Å²) in [5, 5.41) is 7.18. The van der Waals surface area contributed by atoms with Gasteiger partial charge in [-0.05, 0) is 34.5 Å². The van der Waals surface area contributed by atoms with Crippen LogP contribution in [0.5, 0.6) is 0 Å². The smallest absolute Gasteiger partial charge is 0.340 e. The Balaban J connectivity index is 1.86. The number of hydrogen-bond donors (Lipinski definition) is 1. The van der Waals surface area contributed by atoms with Crippen molar-refractivity contribution in [2.75, 3.05) is 0 Å². The second-order valence-electron chi connectivity index (χ2n) is 5.40. The van der Waals surface area contributed by atoms with E-state index in [0.29, 0.717) is 0 Å². The first-order chi connectivity index (χ1) is 11.9. The van der Waals surface area contributed by atoms with Gasteiger partial charge in [-0.25, -0.2) is 18.4 Å². The van der Waals surface area contributed by atoms with Crippen molar-refractivity contribution in [1.29, 1.82) is 0 Å². The molecule has 0 radical (unpaired) electrons. The molecule has 0 aliphatic heterocycles. The number of benzene rings is 3. The fourth-order valence-electron chi connectivity index (χ4n) is 2.48. The molecule has 0 bridgehead atoms. The molecule has 0 saturated carbocycles. The van der Waals surface area contributed by atoms with E-state index in [1.54, 1.807) is 0 Å². The van der Waals surface area contributed by atoms with Crippen molar-refractivity contribution < 1.29 is 17.9 Å². The summed E-state index contributed by atoms with van der Waals surface area (Å²) in [7, 11) is -3.94. The van der Waals surface area contributed by atoms with E-state index < -0.39 is 16.0 Å². The number of sulfonamides is 1. The van der Waals surface area contributed by atoms with Crippen molar-refractivity contribution in [2.45, 2.75) is 11.5 Å². The number of carbonyl (C=O) groups excluding carboxylic acids is 1. The Kier molecular flexibility index (Phi) is 4.76. The van der Waals surface area contributed by atoms with Gasteiger partial charge in [0.25, 0.3) is 0 Å². The van der Waals surface area contributed by atoms with Crippen molar-refractivity contribution >= 4 is 38.4 Å². The van der Waals surface area contributed by atoms with Gasteiger partial charge in [-0.15, -0.1) is 0 Å². The highest BCUT2D eigenvalue weighted by molar-refractivity contribution is 7.89. The third-order valence-corrected chi connectivity index (χ3v) is 4.97. The van der Waals surface area contributed by atoms with E-state index in [1.165, 1.54) is 12.1 Å². The minimum Gasteiger partial charge on any atom is -0.457 e. The average Bonchev–Trinajstić information content (AvgIpc) is 2.59. The lowest BCUT2D eigenvalue weighted by Gasteiger charge is -2.10. The first-order valence-corrected chi connectivity index (χ1v) is 9.25. The zero-order valence-corrected chi connectivity index (χ0v) is 14.5. The zero-order chi connectivity index (χ0) is 18.0. The predicted molar refractivity (Wildman–Crippen MR) is 95.9 cm³/mol. The maximum atomic E-state index is 12.3. The van der Waals surface area contributed by atoms with Gasteiger partial charge in [0.2, 0.25) is 10.0 Å². The molecule has 0 atom stereocenters. The fourth-order valence-corrected chi connectivity index (χ4v) is 3.21. The highest BCUT2D eigenvalue weighted by Crippen LogP contribution is 2.23. The molecule has 2 N–H and O–H groups in total. The molecule has 3 rings (SSSR count). The van der Waals surface area contributed by atoms with Crippen LogP contribution in [0.2, 0.25) is 5.02 Å². The number of nitrogens with two attached hydrogens (primary N) is 1. The third-order valence-electron chi connectivity index (χ3n) is 3.72. The molecule has 25 heavy (non-hydrogen) atoms. The van der Waals surface area contributed by atoms with Crippen LogP contribution in [-0.2, 0) is 21.4 Å². The molecule has 128 valence electrons. The lowest BCUT2D eigenvalue weighted by Crippen LogP contribution is -2.14. The van der Waals surface area contributed by atoms with Crippen LogP contribution in [0.3, 0.4) is 0 Å². The standard InChI is InChI=1S/C18H14ClNO4S/c19-17-9-8-14(25(20,22)23)10-16(17)18(21)24-11-13-6-3-5-12-4-1-2-7-15(12)13/h1-10H,11H2,(H2,20,22,23). The van der Waals surface area contributed by atoms with Gasteiger partial charge in [-0.1, -0.05) is 54.1 Å². The lowest BCUT2D eigenvalue weighted by molar-refractivity contribution is 0.0474. The molecule has 0 amide bonds. The highest BCUT2D eigenvalue weighted by atomic mass is 35.5. The van der Waals surface area contributed by atoms with E-state index >= 15 is 0 Å². The Hall–Kier alpha value is -2.41. The number of ether oxygens (including phenoxy) is 1. The molecule has 7 heteroatoms. The molecule has 0 saturated heterocycles. The summed E-state index contributed by atoms with van der Waals surface area (Å²) in [5.41, 5.74) is 0.790. The van der Waals surface area contributed by atoms with E-state index in [9.17, 15) is 13.2 Å². The van der Waals surface area contributed by atoms with Gasteiger partial charge in [0.1, 0.15) is 6.61 Å². The molecule has 5 nitrogen and oxygen atoms in total. The van der Waals surface area contributed by atoms with Crippen molar-refractivity contribution in [3.05, 3.63) is 76.8 Å². The second kappa shape index (κ2) is 6.84. The lowest BCUT2D eigenvalue weighted by atomic mass is 10.1. The SMILES string of the molecule is NS(=O)(=O)c1ccc(Cl)c(C(=O)OCc2cccc3ccccc23)c1. The van der Waals surface area contributed by atoms with E-state index in [2.05, 4.69) is 0 Å². The second-order valence-corrected chi connectivity index (χ2v) is 7.37. The monoisotopic (exact) mass is 375 g/mol. The van der Waals surface area contributed by atoms with E-state index in [0.717, 1.165) is 22.4 Å². The van der Waals surface area contributed by atoms with Crippen LogP contribution in [0.1, 0.15) is 15.9 Å². The largest absolute Gasteiger partial charge is 0.457 e. The van der Waals surface area contributed by atoms with E-state index in [-0.39, 0.29) is 22.1 Å². The summed E-state index contributed by atoms with van der Waals surface area (Å²) in [4.78, 5) is 12.1. The van der Waals surface area contributed by atoms with Crippen molar-refractivity contribution in [3.63, 3.8) is 0 Å². The molecule has 3 aromatic rings. The molecule has 0 spiro atoms. The Morgan fingerprint density at radius 2 is 1.76 bits per heavy atom. The van der Waals surface area contributed by atoms with Gasteiger partial charge < -0.3 is 4.74 Å². The number of rotatable bonds is 4. The average molecular weight is 376 g/mol. The van der Waals surface area contributed by atoms with Crippen LogP contribution in [0.4, 0.5) is 0 Å². The summed E-state index contributed by atoms with van der Waals surface area (Å²) < 4.78 is 28.2.